The molecule has 8 amide bonds. The van der Waals surface area contributed by atoms with E-state index in [9.17, 15) is 78.9 Å². The number of rotatable bonds is 26. The van der Waals surface area contributed by atoms with Crippen LogP contribution in [0.4, 0.5) is 0 Å². The first kappa shape index (κ1) is 85.2. The van der Waals surface area contributed by atoms with Crippen molar-refractivity contribution in [3.63, 3.8) is 0 Å². The Bertz CT molecular complexity index is 3490. The summed E-state index contributed by atoms with van der Waals surface area (Å²) >= 11 is 0. The molecule has 2 aliphatic heterocycles. The van der Waals surface area contributed by atoms with Gasteiger partial charge < -0.3 is 89.0 Å². The number of hydrogen-bond donors (Lipinski definition) is 17. The van der Waals surface area contributed by atoms with Gasteiger partial charge in [0, 0.05) is 93.7 Å². The minimum atomic E-state index is -1.91. The summed E-state index contributed by atoms with van der Waals surface area (Å²) in [5.74, 6) is -13.8. The van der Waals surface area contributed by atoms with Crippen molar-refractivity contribution in [1.29, 1.82) is 0 Å². The third-order valence-electron chi connectivity index (χ3n) is 17.0. The monoisotopic (exact) mass is 1530 g/mol. The zero-order valence-corrected chi connectivity index (χ0v) is 59.7. The number of carbonyl (C=O) groups is 12. The number of unbranched alkanes of at least 4 members (excludes halogenated alkanes) is 1. The summed E-state index contributed by atoms with van der Waals surface area (Å²) in [5.41, 5.74) is 7.99. The number of amides is 8. The van der Waals surface area contributed by atoms with Gasteiger partial charge in [0.1, 0.15) is 48.0 Å². The summed E-state index contributed by atoms with van der Waals surface area (Å²) in [7, 11) is 1.68. The number of phenols is 1. The number of aromatic nitrogens is 1. The van der Waals surface area contributed by atoms with Gasteiger partial charge in [-0.05, 0) is 93.9 Å². The van der Waals surface area contributed by atoms with Crippen LogP contribution in [0.15, 0.2) is 85.1 Å². The van der Waals surface area contributed by atoms with E-state index in [1.54, 1.807) is 80.4 Å². The smallest absolute Gasteiger partial charge is 0.508 e. The number of aliphatic carboxylic acids is 4. The Morgan fingerprint density at radius 2 is 1.11 bits per heavy atom. The Morgan fingerprint density at radius 3 is 1.66 bits per heavy atom. The van der Waals surface area contributed by atoms with Crippen LogP contribution in [-0.2, 0) is 93.9 Å². The number of carbonyl (C=O) groups excluding carboxylic acids is 8. The number of aliphatic hydroxyl groups is 2. The van der Waals surface area contributed by atoms with Gasteiger partial charge in [0.15, 0.2) is 6.04 Å². The third-order valence-corrected chi connectivity index (χ3v) is 19.4. The minimum absolute atomic E-state index is 0. The summed E-state index contributed by atoms with van der Waals surface area (Å²) < 4.78 is 0. The number of benzene rings is 3. The molecule has 4 aromatic rings. The molecule has 0 unspecified atom stereocenters. The van der Waals surface area contributed by atoms with Crippen LogP contribution in [-0.4, -0.2) is 289 Å². The maximum absolute atomic E-state index is 15.3. The largest absolute Gasteiger partial charge is 2.00 e. The van der Waals surface area contributed by atoms with Gasteiger partial charge in [-0.2, -0.15) is 0 Å². The van der Waals surface area contributed by atoms with Crippen molar-refractivity contribution in [2.24, 2.45) is 5.73 Å². The molecule has 2 fully saturated rings. The third kappa shape index (κ3) is 29.3. The first-order chi connectivity index (χ1) is 48.7. The van der Waals surface area contributed by atoms with Crippen molar-refractivity contribution < 1.29 is 110 Å². The zero-order chi connectivity index (χ0) is 74.4. The number of aliphatic hydroxyl groups excluding tert-OH is 2. The topological polar surface area (TPSA) is 497 Å². The van der Waals surface area contributed by atoms with Gasteiger partial charge in [-0.1, -0.05) is 82.3 Å². The summed E-state index contributed by atoms with van der Waals surface area (Å²) in [6, 6.07) is 8.07. The van der Waals surface area contributed by atoms with E-state index >= 15 is 14.4 Å². The second kappa shape index (κ2) is 43.6. The van der Waals surface area contributed by atoms with E-state index in [0.29, 0.717) is 46.9 Å². The molecular weight excluding hydrogens is 1430 g/mol. The molecule has 36 heteroatoms. The molecule has 3 heterocycles. The van der Waals surface area contributed by atoms with Crippen molar-refractivity contribution in [3.8, 4) is 5.75 Å². The first-order valence-electron chi connectivity index (χ1n) is 33.5. The quantitative estimate of drug-likeness (QED) is 0.0174. The van der Waals surface area contributed by atoms with Crippen molar-refractivity contribution in [1.82, 2.24) is 67.1 Å². The number of phenolic OH excluding ortho intramolecular Hbond substituents is 1. The van der Waals surface area contributed by atoms with Gasteiger partial charge >= 0.3 is 40.9 Å². The summed E-state index contributed by atoms with van der Waals surface area (Å²) in [6.07, 6.45) is -1.23. The van der Waals surface area contributed by atoms with Gasteiger partial charge in [0.2, 0.25) is 47.3 Å². The predicted molar refractivity (Wildman–Crippen MR) is 376 cm³/mol. The number of hydrogen-bond acceptors (Lipinski definition) is 22. The Labute approximate surface area is 613 Å². The standard InChI is InChI=1S/C67H94N14O19S2.Cu/c1-40(82)58-66(98)75-53(65(97)77-59(41(2)83)67(99)100)39-102-101-38-52(64(96)72-50(31-43-17-19-45(84)20-18-43)62(94)73-51(32-44-33-69-47-15-7-6-14-46(44)47)63(95)71-48(60(92)76-58)16-8-9-21-68)74-61(93)49(30-42-12-4-3-5-13-42)70-54(85)34-78-22-10-23-80(36-56(88)89)28-29-81(37-57(90)91)25-11-24-79(27-26-78)35-55(86)87;/h3-7,12-15,17-20,33,40-41,48-53,58-59,69,82-84H,8-11,16,21-32,34-39,68H2,1-2H3,(H,70,85)(H,71,95)(H,72,96)(H,73,94)(H,74,93)(H,75,98)(H,76,92)(H,77,97)(H,86,87)(H,88,89)(H,90,91)(H,99,100);/q;+2/t40-,41-,48+,49-,50+,51-,52+,53+,58+,59+;/m1./s1/i;1+0. The Balaban J connectivity index is 0.0000191. The van der Waals surface area contributed by atoms with Crippen molar-refractivity contribution >= 4 is 104 Å². The molecular formula is C67H94CuN14O19S2+2. The Kier molecular flexibility index (Phi) is 36.1. The molecule has 1 radical (unpaired) electrons. The normalized spacial score (nSPS) is 21.7. The van der Waals surface area contributed by atoms with Gasteiger partial charge in [0.25, 0.3) is 0 Å². The second-order valence-electron chi connectivity index (χ2n) is 25.2. The number of aromatic hydroxyl groups is 1. The van der Waals surface area contributed by atoms with Gasteiger partial charge in [-0.15, -0.1) is 0 Å². The fraction of sp³-hybridized carbons (Fsp3) is 0.522. The number of aromatic amines is 1. The van der Waals surface area contributed by atoms with Crippen LogP contribution in [0.5, 0.6) is 5.75 Å². The van der Waals surface area contributed by atoms with Crippen LogP contribution in [0.2, 0.25) is 0 Å². The summed E-state index contributed by atoms with van der Waals surface area (Å²) in [6.45, 7) is 2.49. The molecule has 10 atom stereocenters. The maximum atomic E-state index is 15.3. The fourth-order valence-electron chi connectivity index (χ4n) is 11.6. The van der Waals surface area contributed by atoms with E-state index < -0.39 is 143 Å². The number of carboxylic acids is 4. The summed E-state index contributed by atoms with van der Waals surface area (Å²) in [5, 5.41) is 92.6. The van der Waals surface area contributed by atoms with Gasteiger partial charge in [-0.25, -0.2) is 4.79 Å². The Morgan fingerprint density at radius 1 is 0.583 bits per heavy atom. The van der Waals surface area contributed by atoms with Gasteiger partial charge in [-0.3, -0.25) is 72.3 Å². The summed E-state index contributed by atoms with van der Waals surface area (Å²) in [4.78, 5) is 176. The molecule has 2 saturated heterocycles. The number of para-hydroxylation sites is 1. The number of carboxylic acid groups (broad SMARTS) is 4. The maximum Gasteiger partial charge on any atom is 2.00 e. The van der Waals surface area contributed by atoms with Crippen LogP contribution in [0.1, 0.15) is 62.6 Å². The Hall–Kier alpha value is -8.42. The predicted octanol–water partition coefficient (Wildman–Crippen LogP) is -2.60. The average Bonchev–Trinajstić information content (AvgIpc) is 1.74. The molecule has 0 saturated carbocycles. The number of nitrogens with zero attached hydrogens (tertiary/aromatic N) is 4. The molecule has 3 aromatic carbocycles. The van der Waals surface area contributed by atoms with Crippen LogP contribution >= 0.6 is 21.6 Å². The second-order valence-corrected chi connectivity index (χ2v) is 27.7. The van der Waals surface area contributed by atoms with E-state index in [2.05, 4.69) is 47.5 Å². The van der Waals surface area contributed by atoms with E-state index in [4.69, 9.17) is 5.73 Å². The van der Waals surface area contributed by atoms with Crippen molar-refractivity contribution in [3.05, 3.63) is 102 Å². The average molecular weight is 1530 g/mol. The van der Waals surface area contributed by atoms with E-state index in [1.807, 2.05) is 0 Å². The fourth-order valence-corrected chi connectivity index (χ4v) is 13.9. The molecule has 6 rings (SSSR count). The molecule has 103 heavy (non-hydrogen) atoms. The van der Waals surface area contributed by atoms with Crippen LogP contribution in [0, 0.1) is 0 Å². The number of fused-ring (bicyclic) bond motifs is 1. The molecule has 2 aliphatic rings. The van der Waals surface area contributed by atoms with Gasteiger partial charge in [0.05, 0.1) is 38.4 Å². The van der Waals surface area contributed by atoms with Crippen LogP contribution in [0.25, 0.3) is 10.9 Å². The minimum Gasteiger partial charge on any atom is -0.508 e. The molecule has 33 nitrogen and oxygen atoms in total. The van der Waals surface area contributed by atoms with Crippen molar-refractivity contribution in [2.45, 2.75) is 126 Å². The van der Waals surface area contributed by atoms with E-state index in [-0.39, 0.29) is 140 Å². The van der Waals surface area contributed by atoms with Crippen LogP contribution < -0.4 is 48.3 Å². The van der Waals surface area contributed by atoms with E-state index in [1.165, 1.54) is 31.2 Å². The van der Waals surface area contributed by atoms with Crippen LogP contribution in [0.3, 0.4) is 0 Å². The van der Waals surface area contributed by atoms with E-state index in [0.717, 1.165) is 28.5 Å². The number of H-pyrrole nitrogens is 1. The molecule has 567 valence electrons. The SMILES string of the molecule is C[C@@H](O)[C@H](NC(=O)[C@@H]1CSSC[C@H](NC(=O)[C@@H](Cc2ccccc2)NC(=O)CN2CCCN(CC(=O)O)CCN(CC(=O)O)CCCN(CC(=O)O)CC2)C(=O)N[C@@H](Cc2ccc(O)cc2)C(=O)N[C@H](Cc2c[nH]c3ccccc23)C(=O)N[C@@H](CCCCN)C(=O)N[C@@H]([C@@H](C)O)C(=O)N1)C(=O)O.[64Cu+2]. The molecule has 1 aromatic heterocycles. The molecule has 18 N–H and O–H groups in total. The molecule has 0 spiro atoms. The number of nitrogens with one attached hydrogen (secondary N) is 9. The molecule has 0 bridgehead atoms. The number of nitrogens with two attached hydrogens (primary N) is 1. The zero-order valence-electron chi connectivity index (χ0n) is 57.1. The molecule has 0 aliphatic carbocycles. The first-order valence-corrected chi connectivity index (χ1v) is 36.0. The van der Waals surface area contributed by atoms with Crippen molar-refractivity contribution in [2.75, 3.05) is 96.6 Å².